The van der Waals surface area contributed by atoms with E-state index < -0.39 is 0 Å². The molecule has 1 fully saturated rings. The second-order valence-electron chi connectivity index (χ2n) is 4.03. The third-order valence-corrected chi connectivity index (χ3v) is 3.02. The number of nitrogens with zero attached hydrogens (tertiary/aromatic N) is 2. The maximum atomic E-state index is 9.86. The highest BCUT2D eigenvalue weighted by Gasteiger charge is 2.33. The third kappa shape index (κ3) is 1.75. The standard InChI is InChI=1S/C10H16N2O/c1-12-8-7-11-9(12)3-6-10(13)4-2-5-10/h7-8,13H,2-6H2,1H3. The van der Waals surface area contributed by atoms with Crippen LogP contribution in [0.15, 0.2) is 12.4 Å². The van der Waals surface area contributed by atoms with E-state index in [4.69, 9.17) is 0 Å². The van der Waals surface area contributed by atoms with Crippen LogP contribution in [0.25, 0.3) is 0 Å². The molecule has 0 atom stereocenters. The molecule has 2 rings (SSSR count). The molecule has 0 unspecified atom stereocenters. The van der Waals surface area contributed by atoms with Gasteiger partial charge in [0.1, 0.15) is 5.82 Å². The summed E-state index contributed by atoms with van der Waals surface area (Å²) in [6, 6.07) is 0. The second kappa shape index (κ2) is 3.14. The van der Waals surface area contributed by atoms with Gasteiger partial charge in [-0.15, -0.1) is 0 Å². The van der Waals surface area contributed by atoms with E-state index >= 15 is 0 Å². The summed E-state index contributed by atoms with van der Waals surface area (Å²) in [5, 5.41) is 9.86. The topological polar surface area (TPSA) is 38.0 Å². The molecule has 0 spiro atoms. The van der Waals surface area contributed by atoms with Crippen molar-refractivity contribution in [2.24, 2.45) is 7.05 Å². The van der Waals surface area contributed by atoms with Gasteiger partial charge in [-0.05, 0) is 25.7 Å². The maximum absolute atomic E-state index is 9.86. The Labute approximate surface area is 78.4 Å². The predicted octanol–water partition coefficient (Wildman–Crippen LogP) is 1.27. The predicted molar refractivity (Wildman–Crippen MR) is 50.3 cm³/mol. The number of rotatable bonds is 3. The average Bonchev–Trinajstić information content (AvgIpc) is 2.44. The summed E-state index contributed by atoms with van der Waals surface area (Å²) in [5.41, 5.74) is -0.369. The lowest BCUT2D eigenvalue weighted by molar-refractivity contribution is -0.0402. The second-order valence-corrected chi connectivity index (χ2v) is 4.03. The van der Waals surface area contributed by atoms with Crippen LogP contribution in [0, 0.1) is 0 Å². The van der Waals surface area contributed by atoms with Gasteiger partial charge in [0.15, 0.2) is 0 Å². The SMILES string of the molecule is Cn1ccnc1CCC1(O)CCC1. The number of imidazole rings is 1. The molecule has 0 aliphatic heterocycles. The van der Waals surface area contributed by atoms with Crippen molar-refractivity contribution in [3.8, 4) is 0 Å². The molecule has 1 saturated carbocycles. The molecule has 0 saturated heterocycles. The molecule has 0 bridgehead atoms. The van der Waals surface area contributed by atoms with E-state index in [2.05, 4.69) is 4.98 Å². The fourth-order valence-electron chi connectivity index (χ4n) is 1.82. The summed E-state index contributed by atoms with van der Waals surface area (Å²) >= 11 is 0. The van der Waals surface area contributed by atoms with Gasteiger partial charge >= 0.3 is 0 Å². The largest absolute Gasteiger partial charge is 0.390 e. The van der Waals surface area contributed by atoms with Crippen molar-refractivity contribution in [2.45, 2.75) is 37.7 Å². The molecule has 1 aromatic heterocycles. The zero-order valence-electron chi connectivity index (χ0n) is 8.03. The fourth-order valence-corrected chi connectivity index (χ4v) is 1.82. The van der Waals surface area contributed by atoms with E-state index in [9.17, 15) is 5.11 Å². The monoisotopic (exact) mass is 180 g/mol. The van der Waals surface area contributed by atoms with Gasteiger partial charge in [-0.25, -0.2) is 4.98 Å². The molecule has 1 heterocycles. The van der Waals surface area contributed by atoms with Crippen molar-refractivity contribution in [1.29, 1.82) is 0 Å². The Morgan fingerprint density at radius 1 is 1.62 bits per heavy atom. The Hall–Kier alpha value is -0.830. The molecule has 1 aliphatic carbocycles. The van der Waals surface area contributed by atoms with Crippen molar-refractivity contribution in [2.75, 3.05) is 0 Å². The van der Waals surface area contributed by atoms with Crippen LogP contribution in [-0.4, -0.2) is 20.3 Å². The maximum Gasteiger partial charge on any atom is 0.108 e. The molecule has 72 valence electrons. The number of hydrogen-bond acceptors (Lipinski definition) is 2. The van der Waals surface area contributed by atoms with E-state index in [1.54, 1.807) is 6.20 Å². The highest BCUT2D eigenvalue weighted by atomic mass is 16.3. The minimum Gasteiger partial charge on any atom is -0.390 e. The molecule has 1 aliphatic rings. The van der Waals surface area contributed by atoms with Crippen LogP contribution in [0.1, 0.15) is 31.5 Å². The van der Waals surface area contributed by atoms with Gasteiger partial charge in [-0.1, -0.05) is 0 Å². The van der Waals surface area contributed by atoms with E-state index in [1.165, 1.54) is 6.42 Å². The van der Waals surface area contributed by atoms with Gasteiger partial charge in [-0.3, -0.25) is 0 Å². The fraction of sp³-hybridized carbons (Fsp3) is 0.700. The molecule has 1 N–H and O–H groups in total. The number of aryl methyl sites for hydroxylation is 2. The highest BCUT2D eigenvalue weighted by molar-refractivity contribution is 4.96. The molecule has 3 nitrogen and oxygen atoms in total. The minimum absolute atomic E-state index is 0.369. The minimum atomic E-state index is -0.369. The zero-order valence-corrected chi connectivity index (χ0v) is 8.03. The van der Waals surface area contributed by atoms with Crippen LogP contribution in [0.5, 0.6) is 0 Å². The van der Waals surface area contributed by atoms with E-state index in [0.717, 1.165) is 31.5 Å². The molecule has 0 amide bonds. The lowest BCUT2D eigenvalue weighted by atomic mass is 9.77. The van der Waals surface area contributed by atoms with Gasteiger partial charge in [0.25, 0.3) is 0 Å². The van der Waals surface area contributed by atoms with Crippen molar-refractivity contribution in [3.05, 3.63) is 18.2 Å². The first-order valence-corrected chi connectivity index (χ1v) is 4.88. The molecular formula is C10H16N2O. The first-order valence-electron chi connectivity index (χ1n) is 4.88. The normalized spacial score (nSPS) is 19.8. The van der Waals surface area contributed by atoms with Gasteiger partial charge in [0.2, 0.25) is 0 Å². The Kier molecular flexibility index (Phi) is 2.12. The summed E-state index contributed by atoms with van der Waals surface area (Å²) in [4.78, 5) is 4.23. The Bertz CT molecular complexity index is 289. The van der Waals surface area contributed by atoms with Crippen LogP contribution in [0.2, 0.25) is 0 Å². The van der Waals surface area contributed by atoms with Crippen molar-refractivity contribution >= 4 is 0 Å². The summed E-state index contributed by atoms with van der Waals surface area (Å²) in [6.07, 6.45) is 8.62. The first-order chi connectivity index (χ1) is 6.20. The molecule has 0 aromatic carbocycles. The molecular weight excluding hydrogens is 164 g/mol. The van der Waals surface area contributed by atoms with Gasteiger partial charge in [-0.2, -0.15) is 0 Å². The van der Waals surface area contributed by atoms with E-state index in [-0.39, 0.29) is 5.60 Å². The van der Waals surface area contributed by atoms with E-state index in [1.807, 2.05) is 17.8 Å². The van der Waals surface area contributed by atoms with E-state index in [0.29, 0.717) is 0 Å². The summed E-state index contributed by atoms with van der Waals surface area (Å²) in [6.45, 7) is 0. The average molecular weight is 180 g/mol. The van der Waals surface area contributed by atoms with Crippen LogP contribution < -0.4 is 0 Å². The van der Waals surface area contributed by atoms with Gasteiger partial charge in [0.05, 0.1) is 5.60 Å². The van der Waals surface area contributed by atoms with Crippen LogP contribution >= 0.6 is 0 Å². The summed E-state index contributed by atoms with van der Waals surface area (Å²) in [7, 11) is 1.99. The van der Waals surface area contributed by atoms with Gasteiger partial charge < -0.3 is 9.67 Å². The van der Waals surface area contributed by atoms with Crippen molar-refractivity contribution < 1.29 is 5.11 Å². The van der Waals surface area contributed by atoms with Crippen LogP contribution in [0.4, 0.5) is 0 Å². The quantitative estimate of drug-likeness (QED) is 0.760. The zero-order chi connectivity index (χ0) is 9.31. The van der Waals surface area contributed by atoms with Crippen LogP contribution in [-0.2, 0) is 13.5 Å². The molecule has 1 aromatic rings. The lowest BCUT2D eigenvalue weighted by Crippen LogP contribution is -2.37. The number of aliphatic hydroxyl groups is 1. The van der Waals surface area contributed by atoms with Gasteiger partial charge in [0, 0.05) is 25.9 Å². The van der Waals surface area contributed by atoms with Crippen molar-refractivity contribution in [1.82, 2.24) is 9.55 Å². The third-order valence-electron chi connectivity index (χ3n) is 3.02. The summed E-state index contributed by atoms with van der Waals surface area (Å²) < 4.78 is 2.02. The van der Waals surface area contributed by atoms with Crippen LogP contribution in [0.3, 0.4) is 0 Å². The molecule has 13 heavy (non-hydrogen) atoms. The Morgan fingerprint density at radius 3 is 2.85 bits per heavy atom. The number of hydrogen-bond donors (Lipinski definition) is 1. The lowest BCUT2D eigenvalue weighted by Gasteiger charge is -2.36. The molecule has 3 heteroatoms. The number of aromatic nitrogens is 2. The van der Waals surface area contributed by atoms with Crippen molar-refractivity contribution in [3.63, 3.8) is 0 Å². The molecule has 0 radical (unpaired) electrons. The smallest absolute Gasteiger partial charge is 0.108 e. The Balaban J connectivity index is 1.89. The summed E-state index contributed by atoms with van der Waals surface area (Å²) in [5.74, 6) is 1.07. The Morgan fingerprint density at radius 2 is 2.38 bits per heavy atom. The highest BCUT2D eigenvalue weighted by Crippen LogP contribution is 2.35. The first kappa shape index (κ1) is 8.75.